The minimum absolute atomic E-state index is 0.0408. The lowest BCUT2D eigenvalue weighted by atomic mass is 10.0. The van der Waals surface area contributed by atoms with Crippen molar-refractivity contribution in [2.24, 2.45) is 0 Å². The predicted molar refractivity (Wildman–Crippen MR) is 79.4 cm³/mol. The van der Waals surface area contributed by atoms with Crippen molar-refractivity contribution in [3.05, 3.63) is 35.9 Å². The summed E-state index contributed by atoms with van der Waals surface area (Å²) in [4.78, 5) is 11.9. The molecule has 2 nitrogen and oxygen atoms in total. The van der Waals surface area contributed by atoms with Crippen LogP contribution in [0.4, 0.5) is 0 Å². The van der Waals surface area contributed by atoms with E-state index < -0.39 is 6.10 Å². The van der Waals surface area contributed by atoms with Gasteiger partial charge in [-0.1, -0.05) is 75.8 Å². The molecule has 2 heteroatoms. The van der Waals surface area contributed by atoms with Gasteiger partial charge in [0.1, 0.15) is 0 Å². The average molecular weight is 262 g/mol. The van der Waals surface area contributed by atoms with E-state index in [0.717, 1.165) is 19.3 Å². The lowest BCUT2D eigenvalue weighted by Gasteiger charge is -2.09. The van der Waals surface area contributed by atoms with Gasteiger partial charge in [0, 0.05) is 12.0 Å². The highest BCUT2D eigenvalue weighted by Crippen LogP contribution is 2.12. The highest BCUT2D eigenvalue weighted by Gasteiger charge is 2.11. The molecule has 0 radical (unpaired) electrons. The highest BCUT2D eigenvalue weighted by molar-refractivity contribution is 5.96. The number of rotatable bonds is 10. The van der Waals surface area contributed by atoms with Crippen LogP contribution < -0.4 is 0 Å². The van der Waals surface area contributed by atoms with Gasteiger partial charge in [-0.25, -0.2) is 0 Å². The lowest BCUT2D eigenvalue weighted by Crippen LogP contribution is -2.13. The minimum Gasteiger partial charge on any atom is -0.393 e. The molecule has 0 aliphatic rings. The molecule has 0 bridgehead atoms. The van der Waals surface area contributed by atoms with Gasteiger partial charge in [-0.05, 0) is 6.42 Å². The molecule has 0 saturated heterocycles. The summed E-state index contributed by atoms with van der Waals surface area (Å²) in [5.74, 6) is 0.0408. The van der Waals surface area contributed by atoms with Crippen LogP contribution in [0.2, 0.25) is 0 Å². The molecule has 0 spiro atoms. The van der Waals surface area contributed by atoms with Crippen LogP contribution in [-0.4, -0.2) is 17.0 Å². The van der Waals surface area contributed by atoms with Crippen molar-refractivity contribution < 1.29 is 9.90 Å². The molecule has 106 valence electrons. The van der Waals surface area contributed by atoms with Gasteiger partial charge in [-0.15, -0.1) is 0 Å². The molecular formula is C17H26O2. The zero-order valence-electron chi connectivity index (χ0n) is 12.0. The SMILES string of the molecule is CCCCCCCCC(O)CC(=O)c1ccccc1. The first-order valence-electron chi connectivity index (χ1n) is 7.50. The van der Waals surface area contributed by atoms with E-state index in [1.807, 2.05) is 18.2 Å². The smallest absolute Gasteiger partial charge is 0.165 e. The molecule has 0 fully saturated rings. The van der Waals surface area contributed by atoms with Crippen molar-refractivity contribution in [2.75, 3.05) is 0 Å². The fraction of sp³-hybridized carbons (Fsp3) is 0.588. The van der Waals surface area contributed by atoms with E-state index in [4.69, 9.17) is 0 Å². The van der Waals surface area contributed by atoms with Crippen molar-refractivity contribution in [1.82, 2.24) is 0 Å². The van der Waals surface area contributed by atoms with Crippen LogP contribution >= 0.6 is 0 Å². The van der Waals surface area contributed by atoms with Gasteiger partial charge in [0.2, 0.25) is 0 Å². The Kier molecular flexibility index (Phi) is 8.15. The second-order valence-electron chi connectivity index (χ2n) is 5.20. The second kappa shape index (κ2) is 9.74. The molecule has 0 aliphatic heterocycles. The third-order valence-electron chi connectivity index (χ3n) is 3.41. The Labute approximate surface area is 116 Å². The van der Waals surface area contributed by atoms with Gasteiger partial charge in [0.05, 0.1) is 6.10 Å². The average Bonchev–Trinajstić information content (AvgIpc) is 2.43. The normalized spacial score (nSPS) is 12.3. The number of Topliss-reactive ketones (excluding diaryl/α,β-unsaturated/α-hetero) is 1. The maximum absolute atomic E-state index is 11.9. The predicted octanol–water partition coefficient (Wildman–Crippen LogP) is 4.37. The Morgan fingerprint density at radius 2 is 1.68 bits per heavy atom. The molecule has 1 N–H and O–H groups in total. The summed E-state index contributed by atoms with van der Waals surface area (Å²) >= 11 is 0. The summed E-state index contributed by atoms with van der Waals surface area (Å²) in [5.41, 5.74) is 0.699. The molecule has 0 amide bonds. The largest absolute Gasteiger partial charge is 0.393 e. The molecule has 0 aromatic heterocycles. The molecule has 0 saturated carbocycles. The zero-order chi connectivity index (χ0) is 13.9. The van der Waals surface area contributed by atoms with Crippen LogP contribution in [0.25, 0.3) is 0 Å². The zero-order valence-corrected chi connectivity index (χ0v) is 12.0. The summed E-state index contributed by atoms with van der Waals surface area (Å²) in [7, 11) is 0. The lowest BCUT2D eigenvalue weighted by molar-refractivity contribution is 0.0864. The number of unbranched alkanes of at least 4 members (excludes halogenated alkanes) is 5. The first kappa shape index (κ1) is 15.9. The number of hydrogen-bond donors (Lipinski definition) is 1. The van der Waals surface area contributed by atoms with E-state index in [1.54, 1.807) is 12.1 Å². The quantitative estimate of drug-likeness (QED) is 0.502. The summed E-state index contributed by atoms with van der Waals surface area (Å²) in [6.45, 7) is 2.21. The van der Waals surface area contributed by atoms with Gasteiger partial charge in [-0.3, -0.25) is 4.79 Å². The van der Waals surface area contributed by atoms with Crippen LogP contribution in [0.3, 0.4) is 0 Å². The minimum atomic E-state index is -0.487. The van der Waals surface area contributed by atoms with Crippen molar-refractivity contribution in [1.29, 1.82) is 0 Å². The standard InChI is InChI=1S/C17H26O2/c1-2-3-4-5-6-10-13-16(18)14-17(19)15-11-8-7-9-12-15/h7-9,11-12,16,18H,2-6,10,13-14H2,1H3. The van der Waals surface area contributed by atoms with Crippen LogP contribution in [-0.2, 0) is 0 Å². The maximum atomic E-state index is 11.9. The van der Waals surface area contributed by atoms with Crippen molar-refractivity contribution in [2.45, 2.75) is 64.4 Å². The number of aliphatic hydroxyl groups is 1. The Morgan fingerprint density at radius 1 is 1.05 bits per heavy atom. The molecule has 1 aromatic carbocycles. The fourth-order valence-corrected chi connectivity index (χ4v) is 2.22. The third-order valence-corrected chi connectivity index (χ3v) is 3.41. The number of benzene rings is 1. The van der Waals surface area contributed by atoms with Gasteiger partial charge in [0.25, 0.3) is 0 Å². The Bertz CT molecular complexity index is 346. The number of aliphatic hydroxyl groups excluding tert-OH is 1. The van der Waals surface area contributed by atoms with E-state index >= 15 is 0 Å². The second-order valence-corrected chi connectivity index (χ2v) is 5.20. The van der Waals surface area contributed by atoms with E-state index in [0.29, 0.717) is 5.56 Å². The molecule has 19 heavy (non-hydrogen) atoms. The molecule has 0 heterocycles. The third kappa shape index (κ3) is 7.12. The molecular weight excluding hydrogens is 236 g/mol. The molecule has 1 aromatic rings. The van der Waals surface area contributed by atoms with Gasteiger partial charge < -0.3 is 5.11 Å². The Hall–Kier alpha value is -1.15. The summed E-state index contributed by atoms with van der Waals surface area (Å²) in [6.07, 6.45) is 7.78. The van der Waals surface area contributed by atoms with E-state index in [2.05, 4.69) is 6.92 Å². The molecule has 0 aliphatic carbocycles. The monoisotopic (exact) mass is 262 g/mol. The van der Waals surface area contributed by atoms with Crippen LogP contribution in [0.1, 0.15) is 68.6 Å². The number of hydrogen-bond acceptors (Lipinski definition) is 2. The number of ketones is 1. The topological polar surface area (TPSA) is 37.3 Å². The van der Waals surface area contributed by atoms with E-state index in [9.17, 15) is 9.90 Å². The fourth-order valence-electron chi connectivity index (χ4n) is 2.22. The van der Waals surface area contributed by atoms with E-state index in [1.165, 1.54) is 25.7 Å². The number of carbonyl (C=O) groups excluding carboxylic acids is 1. The van der Waals surface area contributed by atoms with Crippen molar-refractivity contribution in [3.63, 3.8) is 0 Å². The maximum Gasteiger partial charge on any atom is 0.165 e. The summed E-state index contributed by atoms with van der Waals surface area (Å²) < 4.78 is 0. The first-order chi connectivity index (χ1) is 9.24. The molecule has 1 atom stereocenters. The highest BCUT2D eigenvalue weighted by atomic mass is 16.3. The van der Waals surface area contributed by atoms with Crippen LogP contribution in [0.15, 0.2) is 30.3 Å². The summed E-state index contributed by atoms with van der Waals surface area (Å²) in [5, 5.41) is 9.86. The van der Waals surface area contributed by atoms with Gasteiger partial charge in [-0.2, -0.15) is 0 Å². The first-order valence-corrected chi connectivity index (χ1v) is 7.50. The van der Waals surface area contributed by atoms with Crippen LogP contribution in [0.5, 0.6) is 0 Å². The molecule has 1 unspecified atom stereocenters. The van der Waals surface area contributed by atoms with Crippen molar-refractivity contribution in [3.8, 4) is 0 Å². The Balaban J connectivity index is 2.14. The van der Waals surface area contributed by atoms with E-state index in [-0.39, 0.29) is 12.2 Å². The van der Waals surface area contributed by atoms with Crippen molar-refractivity contribution >= 4 is 5.78 Å². The number of carbonyl (C=O) groups is 1. The summed E-state index contributed by atoms with van der Waals surface area (Å²) in [6, 6.07) is 9.21. The van der Waals surface area contributed by atoms with Crippen LogP contribution in [0, 0.1) is 0 Å². The Morgan fingerprint density at radius 3 is 2.37 bits per heavy atom. The van der Waals surface area contributed by atoms with Gasteiger partial charge >= 0.3 is 0 Å². The van der Waals surface area contributed by atoms with Gasteiger partial charge in [0.15, 0.2) is 5.78 Å². The molecule has 1 rings (SSSR count).